The molecule has 34 heavy (non-hydrogen) atoms. The molecular formula is C24H19F7O3. The van der Waals surface area contributed by atoms with Crippen molar-refractivity contribution >= 4 is 0 Å². The Morgan fingerprint density at radius 2 is 1.76 bits per heavy atom. The number of halogens is 7. The molecule has 1 aliphatic heterocycles. The van der Waals surface area contributed by atoms with Crippen molar-refractivity contribution in [1.82, 2.24) is 0 Å². The maximum absolute atomic E-state index is 14.7. The van der Waals surface area contributed by atoms with E-state index in [2.05, 4.69) is 22.6 Å². The summed E-state index contributed by atoms with van der Waals surface area (Å²) in [6, 6.07) is 2.27. The highest BCUT2D eigenvalue weighted by molar-refractivity contribution is 5.52. The maximum Gasteiger partial charge on any atom is 0.429 e. The van der Waals surface area contributed by atoms with Gasteiger partial charge in [-0.2, -0.15) is 22.0 Å². The molecule has 0 amide bonds. The molecule has 0 unspecified atom stereocenters. The van der Waals surface area contributed by atoms with Crippen molar-refractivity contribution in [1.29, 1.82) is 0 Å². The van der Waals surface area contributed by atoms with E-state index >= 15 is 0 Å². The third-order valence-corrected chi connectivity index (χ3v) is 5.06. The summed E-state index contributed by atoms with van der Waals surface area (Å²) >= 11 is 0. The van der Waals surface area contributed by atoms with Crippen molar-refractivity contribution in [2.45, 2.75) is 32.3 Å². The number of hydrogen-bond donors (Lipinski definition) is 0. The summed E-state index contributed by atoms with van der Waals surface area (Å²) in [7, 11) is 1.12. The highest BCUT2D eigenvalue weighted by atomic mass is 19.3. The molecule has 0 saturated heterocycles. The van der Waals surface area contributed by atoms with Crippen molar-refractivity contribution in [3.05, 3.63) is 94.2 Å². The van der Waals surface area contributed by atoms with Gasteiger partial charge >= 0.3 is 6.11 Å². The molecular weight excluding hydrogens is 469 g/mol. The average molecular weight is 488 g/mol. The lowest BCUT2D eigenvalue weighted by molar-refractivity contribution is -0.189. The fourth-order valence-corrected chi connectivity index (χ4v) is 3.32. The minimum atomic E-state index is -4.56. The first-order chi connectivity index (χ1) is 15.9. The molecule has 2 aromatic rings. The fourth-order valence-electron chi connectivity index (χ4n) is 3.32. The third-order valence-electron chi connectivity index (χ3n) is 5.06. The van der Waals surface area contributed by atoms with Gasteiger partial charge in [0.2, 0.25) is 17.5 Å². The van der Waals surface area contributed by atoms with Crippen LogP contribution in [-0.2, 0) is 23.7 Å². The Hall–Kier alpha value is -3.43. The second-order valence-electron chi connectivity index (χ2n) is 7.41. The molecule has 0 radical (unpaired) electrons. The van der Waals surface area contributed by atoms with Gasteiger partial charge in [0, 0.05) is 12.0 Å². The quantitative estimate of drug-likeness (QED) is 0.306. The van der Waals surface area contributed by atoms with Crippen LogP contribution in [0.1, 0.15) is 30.0 Å². The first-order valence-electron chi connectivity index (χ1n) is 9.96. The van der Waals surface area contributed by atoms with Crippen molar-refractivity contribution < 1.29 is 44.9 Å². The number of aryl methyl sites for hydroxylation is 1. The molecule has 10 heteroatoms. The van der Waals surface area contributed by atoms with Crippen LogP contribution in [-0.4, -0.2) is 7.11 Å². The Morgan fingerprint density at radius 3 is 2.38 bits per heavy atom. The van der Waals surface area contributed by atoms with Gasteiger partial charge in [-0.05, 0) is 29.7 Å². The van der Waals surface area contributed by atoms with Crippen LogP contribution in [0.5, 0.6) is 11.5 Å². The Kier molecular flexibility index (Phi) is 6.99. The van der Waals surface area contributed by atoms with E-state index in [9.17, 15) is 30.7 Å². The number of fused-ring (bicyclic) bond motifs is 1. The maximum atomic E-state index is 14.7. The monoisotopic (exact) mass is 488 g/mol. The zero-order valence-corrected chi connectivity index (χ0v) is 18.1. The van der Waals surface area contributed by atoms with Gasteiger partial charge in [-0.25, -0.2) is 8.78 Å². The molecule has 1 aliphatic rings. The average Bonchev–Trinajstić information content (AvgIpc) is 2.79. The molecule has 0 aliphatic carbocycles. The van der Waals surface area contributed by atoms with Crippen LogP contribution in [0.4, 0.5) is 30.7 Å². The zero-order chi connectivity index (χ0) is 25.4. The van der Waals surface area contributed by atoms with Crippen molar-refractivity contribution in [2.24, 2.45) is 0 Å². The number of hydrogen-bond acceptors (Lipinski definition) is 3. The number of methoxy groups -OCH3 is 1. The molecule has 0 spiro atoms. The number of ether oxygens (including phenoxy) is 3. The highest BCUT2D eigenvalue weighted by Crippen LogP contribution is 2.43. The summed E-state index contributed by atoms with van der Waals surface area (Å²) in [6.07, 6.45) is -4.34. The normalized spacial score (nSPS) is 14.9. The van der Waals surface area contributed by atoms with E-state index in [-0.39, 0.29) is 29.5 Å². The largest absolute Gasteiger partial charge is 0.494 e. The van der Waals surface area contributed by atoms with Gasteiger partial charge < -0.3 is 14.2 Å². The van der Waals surface area contributed by atoms with E-state index < -0.39 is 63.8 Å². The van der Waals surface area contributed by atoms with Gasteiger partial charge in [-0.15, -0.1) is 0 Å². The van der Waals surface area contributed by atoms with Gasteiger partial charge in [0.15, 0.2) is 34.7 Å². The van der Waals surface area contributed by atoms with Crippen molar-refractivity contribution in [2.75, 3.05) is 7.11 Å². The molecule has 1 heterocycles. The lowest BCUT2D eigenvalue weighted by atomic mass is 9.99. The summed E-state index contributed by atoms with van der Waals surface area (Å²) < 4.78 is 115. The molecule has 0 fully saturated rings. The lowest BCUT2D eigenvalue weighted by Crippen LogP contribution is -2.25. The molecule has 3 nitrogen and oxygen atoms in total. The fraction of sp³-hybridized carbons (Fsp3) is 0.250. The molecule has 182 valence electrons. The molecule has 0 bridgehead atoms. The first-order valence-corrected chi connectivity index (χ1v) is 9.96. The minimum absolute atomic E-state index is 0.0495. The van der Waals surface area contributed by atoms with Gasteiger partial charge in [-0.3, -0.25) is 0 Å². The van der Waals surface area contributed by atoms with Gasteiger partial charge in [0.25, 0.3) is 0 Å². The minimum Gasteiger partial charge on any atom is -0.494 e. The Bertz CT molecular complexity index is 1200. The standard InChI is InChI=1S/C24H19F7O3/c1-5-6-13-7-8-15(19(27)18(13)26)24(30,31)34-16-10-14-9-11(2)22(17(25)12(3)32-4)33-23(14)21(29)20(16)28/h7-8,10H,2-3,5-6,9H2,1,4H3/b22-17-. The van der Waals surface area contributed by atoms with E-state index in [1.54, 1.807) is 6.92 Å². The number of benzene rings is 2. The van der Waals surface area contributed by atoms with Crippen LogP contribution in [0.3, 0.4) is 0 Å². The summed E-state index contributed by atoms with van der Waals surface area (Å²) in [5.74, 6) is -11.2. The van der Waals surface area contributed by atoms with Crippen LogP contribution in [0.15, 0.2) is 54.3 Å². The Labute approximate surface area is 190 Å². The van der Waals surface area contributed by atoms with E-state index in [4.69, 9.17) is 4.74 Å². The molecule has 0 N–H and O–H groups in total. The van der Waals surface area contributed by atoms with Crippen LogP contribution >= 0.6 is 0 Å². The second kappa shape index (κ2) is 9.44. The van der Waals surface area contributed by atoms with E-state index in [1.165, 1.54) is 0 Å². The number of rotatable bonds is 7. The summed E-state index contributed by atoms with van der Waals surface area (Å²) in [5.41, 5.74) is -1.85. The Balaban J connectivity index is 2.00. The molecule has 0 aromatic heterocycles. The van der Waals surface area contributed by atoms with E-state index in [1.807, 2.05) is 0 Å². The third kappa shape index (κ3) is 4.49. The van der Waals surface area contributed by atoms with Crippen LogP contribution in [0.25, 0.3) is 0 Å². The Morgan fingerprint density at radius 1 is 1.09 bits per heavy atom. The first kappa shape index (κ1) is 25.2. The predicted octanol–water partition coefficient (Wildman–Crippen LogP) is 7.16. The zero-order valence-electron chi connectivity index (χ0n) is 18.1. The topological polar surface area (TPSA) is 27.7 Å². The van der Waals surface area contributed by atoms with Crippen LogP contribution in [0, 0.1) is 23.3 Å². The van der Waals surface area contributed by atoms with Crippen LogP contribution in [0.2, 0.25) is 0 Å². The summed E-state index contributed by atoms with van der Waals surface area (Å²) in [4.78, 5) is 0. The van der Waals surface area contributed by atoms with Gasteiger partial charge in [0.05, 0.1) is 7.11 Å². The number of allylic oxidation sites excluding steroid dienone is 2. The predicted molar refractivity (Wildman–Crippen MR) is 109 cm³/mol. The van der Waals surface area contributed by atoms with E-state index in [0.717, 1.165) is 13.2 Å². The van der Waals surface area contributed by atoms with Crippen LogP contribution < -0.4 is 9.47 Å². The number of alkyl halides is 2. The van der Waals surface area contributed by atoms with Gasteiger partial charge in [0.1, 0.15) is 5.56 Å². The second-order valence-corrected chi connectivity index (χ2v) is 7.41. The highest BCUT2D eigenvalue weighted by Gasteiger charge is 2.41. The molecule has 0 atom stereocenters. The van der Waals surface area contributed by atoms with Crippen molar-refractivity contribution in [3.8, 4) is 11.5 Å². The van der Waals surface area contributed by atoms with Gasteiger partial charge in [-0.1, -0.05) is 32.6 Å². The smallest absolute Gasteiger partial charge is 0.429 e. The molecule has 2 aromatic carbocycles. The summed E-state index contributed by atoms with van der Waals surface area (Å²) in [6.45, 7) is 8.54. The van der Waals surface area contributed by atoms with Crippen molar-refractivity contribution in [3.63, 3.8) is 0 Å². The van der Waals surface area contributed by atoms with E-state index in [0.29, 0.717) is 18.6 Å². The SMILES string of the molecule is C=C(OC)/C(F)=C1/Oc2c(cc(OC(F)(F)c3ccc(CCC)c(F)c3F)c(F)c2F)CC1=C. The summed E-state index contributed by atoms with van der Waals surface area (Å²) in [5, 5.41) is 0. The molecule has 3 rings (SSSR count). The lowest BCUT2D eigenvalue weighted by Gasteiger charge is -2.25. The molecule has 0 saturated carbocycles.